The molecule has 14 heteroatoms. The molecule has 1 aliphatic rings. The maximum absolute atomic E-state index is 13.3. The minimum Gasteiger partial charge on any atom is -0.494 e. The van der Waals surface area contributed by atoms with Crippen molar-refractivity contribution in [2.75, 3.05) is 19.7 Å². The van der Waals surface area contributed by atoms with E-state index in [1.807, 2.05) is 6.92 Å². The average Bonchev–Trinajstić information content (AvgIpc) is 3.33. The molecule has 3 heterocycles. The van der Waals surface area contributed by atoms with Gasteiger partial charge in [0.05, 0.1) is 29.7 Å². The number of carboxylic acid groups (broad SMARTS) is 1. The van der Waals surface area contributed by atoms with Crippen LogP contribution in [0, 0.1) is 5.92 Å². The highest BCUT2D eigenvalue weighted by atomic mass is 32.2. The van der Waals surface area contributed by atoms with Crippen LogP contribution < -0.4 is 9.47 Å². The van der Waals surface area contributed by atoms with Crippen molar-refractivity contribution >= 4 is 27.0 Å². The van der Waals surface area contributed by atoms with Crippen LogP contribution in [0.4, 0.5) is 13.2 Å². The van der Waals surface area contributed by atoms with Crippen LogP contribution in [-0.2, 0) is 21.2 Å². The third kappa shape index (κ3) is 5.23. The number of fused-ring (bicyclic) bond motifs is 1. The van der Waals surface area contributed by atoms with Crippen molar-refractivity contribution in [1.82, 2.24) is 19.1 Å². The fraction of sp³-hybridized carbons (Fsp3) is 0.409. The minimum atomic E-state index is -4.97. The largest absolute Gasteiger partial charge is 0.574 e. The van der Waals surface area contributed by atoms with Crippen LogP contribution in [-0.4, -0.2) is 64.6 Å². The predicted octanol–water partition coefficient (Wildman–Crippen LogP) is 3.24. The molecule has 4 rings (SSSR count). The summed E-state index contributed by atoms with van der Waals surface area (Å²) in [7, 11) is -3.89. The summed E-state index contributed by atoms with van der Waals surface area (Å²) in [6, 6.07) is 7.62. The Morgan fingerprint density at radius 1 is 1.17 bits per heavy atom. The lowest BCUT2D eigenvalue weighted by Gasteiger charge is -2.17. The lowest BCUT2D eigenvalue weighted by molar-refractivity contribution is -0.276. The second-order valence-electron chi connectivity index (χ2n) is 8.30. The maximum atomic E-state index is 13.3. The SMILES string of the molecule is CCOc1ccc(S(=O)(=O)N2C[C@H](C)[C@@H](n3nc(CC(=O)O)c4ccc(OC(F)(F)F)nc43)C2)cc1. The number of benzene rings is 1. The number of nitrogens with zero attached hydrogens (tertiary/aromatic N) is 4. The van der Waals surface area contributed by atoms with Gasteiger partial charge in [-0.15, -0.1) is 13.2 Å². The molecule has 0 spiro atoms. The van der Waals surface area contributed by atoms with Crippen molar-refractivity contribution in [2.45, 2.75) is 37.6 Å². The number of rotatable bonds is 8. The number of aromatic nitrogens is 3. The normalized spacial score (nSPS) is 19.0. The molecular formula is C22H23F3N4O6S. The van der Waals surface area contributed by atoms with E-state index < -0.39 is 40.7 Å². The number of alkyl halides is 3. The number of aliphatic carboxylic acids is 1. The van der Waals surface area contributed by atoms with E-state index in [1.54, 1.807) is 19.1 Å². The summed E-state index contributed by atoms with van der Waals surface area (Å²) in [4.78, 5) is 15.3. The molecule has 0 unspecified atom stereocenters. The molecule has 1 saturated heterocycles. The van der Waals surface area contributed by atoms with Gasteiger partial charge in [0.1, 0.15) is 5.75 Å². The van der Waals surface area contributed by atoms with E-state index in [0.29, 0.717) is 12.4 Å². The highest BCUT2D eigenvalue weighted by molar-refractivity contribution is 7.89. The molecule has 10 nitrogen and oxygen atoms in total. The number of hydrogen-bond donors (Lipinski definition) is 1. The number of ether oxygens (including phenoxy) is 2. The zero-order valence-electron chi connectivity index (χ0n) is 19.3. The number of carbonyl (C=O) groups is 1. The quantitative estimate of drug-likeness (QED) is 0.473. The zero-order chi connectivity index (χ0) is 26.3. The van der Waals surface area contributed by atoms with Gasteiger partial charge < -0.3 is 14.6 Å². The molecule has 1 aromatic carbocycles. The number of carboxylic acids is 1. The van der Waals surface area contributed by atoms with E-state index in [0.717, 1.165) is 6.07 Å². The predicted molar refractivity (Wildman–Crippen MR) is 120 cm³/mol. The number of pyridine rings is 1. The van der Waals surface area contributed by atoms with Crippen molar-refractivity contribution < 1.29 is 41.0 Å². The van der Waals surface area contributed by atoms with E-state index in [-0.39, 0.29) is 40.6 Å². The fourth-order valence-electron chi connectivity index (χ4n) is 4.19. The molecule has 1 aliphatic heterocycles. The maximum Gasteiger partial charge on any atom is 0.574 e. The summed E-state index contributed by atoms with van der Waals surface area (Å²) >= 11 is 0. The monoisotopic (exact) mass is 528 g/mol. The Labute approximate surface area is 204 Å². The molecule has 0 amide bonds. The third-order valence-electron chi connectivity index (χ3n) is 5.77. The Bertz CT molecular complexity index is 1370. The first-order valence-corrected chi connectivity index (χ1v) is 12.4. The van der Waals surface area contributed by atoms with Crippen LogP contribution in [0.3, 0.4) is 0 Å². The second kappa shape index (κ2) is 9.58. The number of sulfonamides is 1. The van der Waals surface area contributed by atoms with Crippen LogP contribution in [0.2, 0.25) is 0 Å². The Morgan fingerprint density at radius 3 is 2.47 bits per heavy atom. The molecular weight excluding hydrogens is 505 g/mol. The Balaban J connectivity index is 1.69. The molecule has 0 aliphatic carbocycles. The molecule has 2 aromatic heterocycles. The number of hydrogen-bond acceptors (Lipinski definition) is 7. The van der Waals surface area contributed by atoms with Gasteiger partial charge in [-0.05, 0) is 43.2 Å². The van der Waals surface area contributed by atoms with Crippen molar-refractivity contribution in [2.24, 2.45) is 5.92 Å². The Hall–Kier alpha value is -3.39. The first-order valence-electron chi connectivity index (χ1n) is 11.0. The summed E-state index contributed by atoms with van der Waals surface area (Å²) in [6.45, 7) is 4.10. The first kappa shape index (κ1) is 25.7. The van der Waals surface area contributed by atoms with E-state index in [1.165, 1.54) is 27.2 Å². The molecule has 3 aromatic rings. The molecule has 1 fully saturated rings. The molecule has 194 valence electrons. The third-order valence-corrected chi connectivity index (χ3v) is 7.62. The van der Waals surface area contributed by atoms with Crippen molar-refractivity contribution in [3.63, 3.8) is 0 Å². The zero-order valence-corrected chi connectivity index (χ0v) is 20.1. The van der Waals surface area contributed by atoms with Gasteiger partial charge in [-0.25, -0.2) is 13.1 Å². The van der Waals surface area contributed by atoms with Gasteiger partial charge in [0, 0.05) is 24.5 Å². The van der Waals surface area contributed by atoms with Crippen LogP contribution in [0.15, 0.2) is 41.3 Å². The van der Waals surface area contributed by atoms with Crippen molar-refractivity contribution in [3.8, 4) is 11.6 Å². The van der Waals surface area contributed by atoms with E-state index in [4.69, 9.17) is 4.74 Å². The number of halogens is 3. The van der Waals surface area contributed by atoms with Gasteiger partial charge in [-0.2, -0.15) is 14.4 Å². The summed E-state index contributed by atoms with van der Waals surface area (Å²) in [6.07, 6.45) is -5.46. The highest BCUT2D eigenvalue weighted by Gasteiger charge is 2.40. The van der Waals surface area contributed by atoms with Gasteiger partial charge in [0.25, 0.3) is 0 Å². The van der Waals surface area contributed by atoms with Gasteiger partial charge in [0.15, 0.2) is 5.65 Å². The Kier molecular flexibility index (Phi) is 6.84. The lowest BCUT2D eigenvalue weighted by Crippen LogP contribution is -2.29. The van der Waals surface area contributed by atoms with Gasteiger partial charge in [0.2, 0.25) is 15.9 Å². The van der Waals surface area contributed by atoms with Gasteiger partial charge >= 0.3 is 12.3 Å². The van der Waals surface area contributed by atoms with Gasteiger partial charge in [-0.1, -0.05) is 6.92 Å². The van der Waals surface area contributed by atoms with Crippen molar-refractivity contribution in [1.29, 1.82) is 0 Å². The average molecular weight is 529 g/mol. The van der Waals surface area contributed by atoms with E-state index >= 15 is 0 Å². The first-order chi connectivity index (χ1) is 16.9. The van der Waals surface area contributed by atoms with Crippen molar-refractivity contribution in [3.05, 3.63) is 42.1 Å². The van der Waals surface area contributed by atoms with Crippen LogP contribution in [0.1, 0.15) is 25.6 Å². The van der Waals surface area contributed by atoms with Crippen LogP contribution in [0.5, 0.6) is 11.6 Å². The highest BCUT2D eigenvalue weighted by Crippen LogP contribution is 2.35. The fourth-order valence-corrected chi connectivity index (χ4v) is 5.75. The van der Waals surface area contributed by atoms with Gasteiger partial charge in [-0.3, -0.25) is 4.79 Å². The van der Waals surface area contributed by atoms with E-state index in [9.17, 15) is 31.5 Å². The lowest BCUT2D eigenvalue weighted by atomic mass is 10.1. The van der Waals surface area contributed by atoms with Crippen LogP contribution >= 0.6 is 0 Å². The molecule has 0 bridgehead atoms. The molecule has 0 saturated carbocycles. The molecule has 0 radical (unpaired) electrons. The second-order valence-corrected chi connectivity index (χ2v) is 10.2. The smallest absolute Gasteiger partial charge is 0.494 e. The summed E-state index contributed by atoms with van der Waals surface area (Å²) in [5, 5.41) is 13.8. The summed E-state index contributed by atoms with van der Waals surface area (Å²) < 4.78 is 76.6. The standard InChI is InChI=1S/C22H23F3N4O6S/c1-3-34-14-4-6-15(7-5-14)36(32,33)28-11-13(2)18(12-28)29-21-16(17(27-29)10-20(30)31)8-9-19(26-21)35-22(23,24)25/h4-9,13,18H,3,10-12H2,1-2H3,(H,30,31)/t13-,18-/m0/s1. The summed E-state index contributed by atoms with van der Waals surface area (Å²) in [5.74, 6) is -1.70. The summed E-state index contributed by atoms with van der Waals surface area (Å²) in [5.41, 5.74) is 0.0775. The molecule has 2 atom stereocenters. The Morgan fingerprint density at radius 2 is 1.86 bits per heavy atom. The topological polar surface area (TPSA) is 124 Å². The molecule has 1 N–H and O–H groups in total. The van der Waals surface area contributed by atoms with Crippen LogP contribution in [0.25, 0.3) is 11.0 Å². The minimum absolute atomic E-state index is 0.0230. The van der Waals surface area contributed by atoms with E-state index in [2.05, 4.69) is 14.8 Å². The molecule has 36 heavy (non-hydrogen) atoms.